The number of para-hydroxylation sites is 1. The Balaban J connectivity index is 2.17. The van der Waals surface area contributed by atoms with Gasteiger partial charge in [0.25, 0.3) is 0 Å². The van der Waals surface area contributed by atoms with E-state index in [1.165, 1.54) is 11.1 Å². The van der Waals surface area contributed by atoms with Gasteiger partial charge in [0.15, 0.2) is 0 Å². The molecule has 0 saturated heterocycles. The van der Waals surface area contributed by atoms with Gasteiger partial charge in [0.05, 0.1) is 16.8 Å². The summed E-state index contributed by atoms with van der Waals surface area (Å²) >= 11 is 6.20. The molecule has 100 valence electrons. The van der Waals surface area contributed by atoms with E-state index < -0.39 is 0 Å². The van der Waals surface area contributed by atoms with Crippen molar-refractivity contribution in [3.8, 4) is 0 Å². The maximum atomic E-state index is 6.20. The zero-order valence-electron chi connectivity index (χ0n) is 11.5. The minimum absolute atomic E-state index is 0.297. The molecule has 0 aliphatic carbocycles. The maximum absolute atomic E-state index is 6.20. The molecule has 1 atom stereocenters. The molecule has 19 heavy (non-hydrogen) atoms. The summed E-state index contributed by atoms with van der Waals surface area (Å²) in [6.45, 7) is 4.36. The van der Waals surface area contributed by atoms with Crippen molar-refractivity contribution in [1.29, 1.82) is 0 Å². The fraction of sp³-hybridized carbons (Fsp3) is 0.294. The predicted molar refractivity (Wildman–Crippen MR) is 83.9 cm³/mol. The van der Waals surface area contributed by atoms with Crippen LogP contribution < -0.4 is 5.32 Å². The summed E-state index contributed by atoms with van der Waals surface area (Å²) in [5.41, 5.74) is 3.67. The number of aryl methyl sites for hydroxylation is 1. The highest BCUT2D eigenvalue weighted by atomic mass is 35.5. The highest BCUT2D eigenvalue weighted by Crippen LogP contribution is 2.27. The SMILES string of the molecule is CCc1ccc(C(CC)Nc2ccccc2Cl)cc1. The molecule has 0 spiro atoms. The largest absolute Gasteiger partial charge is 0.377 e. The van der Waals surface area contributed by atoms with Gasteiger partial charge in [0.2, 0.25) is 0 Å². The molecule has 1 N–H and O–H groups in total. The zero-order valence-corrected chi connectivity index (χ0v) is 12.2. The van der Waals surface area contributed by atoms with Crippen molar-refractivity contribution in [3.05, 3.63) is 64.7 Å². The van der Waals surface area contributed by atoms with E-state index in [4.69, 9.17) is 11.6 Å². The molecule has 0 heterocycles. The second kappa shape index (κ2) is 6.63. The highest BCUT2D eigenvalue weighted by molar-refractivity contribution is 6.33. The fourth-order valence-electron chi connectivity index (χ4n) is 2.17. The summed E-state index contributed by atoms with van der Waals surface area (Å²) in [7, 11) is 0. The standard InChI is InChI=1S/C17H20ClN/c1-3-13-9-11-14(12-10-13)16(4-2)19-17-8-6-5-7-15(17)18/h5-12,16,19H,3-4H2,1-2H3. The van der Waals surface area contributed by atoms with Crippen molar-refractivity contribution in [2.45, 2.75) is 32.7 Å². The van der Waals surface area contributed by atoms with E-state index in [2.05, 4.69) is 43.4 Å². The Morgan fingerprint density at radius 1 is 1.00 bits per heavy atom. The van der Waals surface area contributed by atoms with Crippen LogP contribution in [0.5, 0.6) is 0 Å². The maximum Gasteiger partial charge on any atom is 0.0637 e. The number of anilines is 1. The highest BCUT2D eigenvalue weighted by Gasteiger charge is 2.10. The van der Waals surface area contributed by atoms with Gasteiger partial charge in [-0.1, -0.05) is 61.8 Å². The van der Waals surface area contributed by atoms with E-state index in [-0.39, 0.29) is 0 Å². The van der Waals surface area contributed by atoms with Crippen LogP contribution >= 0.6 is 11.6 Å². The molecule has 0 radical (unpaired) electrons. The Morgan fingerprint density at radius 2 is 1.68 bits per heavy atom. The average molecular weight is 274 g/mol. The first-order valence-electron chi connectivity index (χ1n) is 6.84. The third kappa shape index (κ3) is 3.51. The van der Waals surface area contributed by atoms with Gasteiger partial charge in [-0.15, -0.1) is 0 Å². The van der Waals surface area contributed by atoms with Crippen molar-refractivity contribution in [2.75, 3.05) is 5.32 Å². The number of rotatable bonds is 5. The van der Waals surface area contributed by atoms with Crippen molar-refractivity contribution >= 4 is 17.3 Å². The monoisotopic (exact) mass is 273 g/mol. The molecule has 0 fully saturated rings. The quantitative estimate of drug-likeness (QED) is 0.762. The molecule has 0 aliphatic rings. The second-order valence-corrected chi connectivity index (χ2v) is 5.09. The number of nitrogens with one attached hydrogen (secondary N) is 1. The lowest BCUT2D eigenvalue weighted by Crippen LogP contribution is -2.10. The number of hydrogen-bond acceptors (Lipinski definition) is 1. The van der Waals surface area contributed by atoms with Crippen LogP contribution in [-0.4, -0.2) is 0 Å². The van der Waals surface area contributed by atoms with Crippen molar-refractivity contribution in [3.63, 3.8) is 0 Å². The van der Waals surface area contributed by atoms with Crippen LogP contribution in [0.15, 0.2) is 48.5 Å². The molecular weight excluding hydrogens is 254 g/mol. The minimum atomic E-state index is 0.297. The van der Waals surface area contributed by atoms with Crippen LogP contribution in [0.3, 0.4) is 0 Å². The minimum Gasteiger partial charge on any atom is -0.377 e. The third-order valence-corrected chi connectivity index (χ3v) is 3.73. The van der Waals surface area contributed by atoms with Gasteiger partial charge in [-0.25, -0.2) is 0 Å². The summed E-state index contributed by atoms with van der Waals surface area (Å²) in [5, 5.41) is 4.29. The molecule has 2 aromatic rings. The first-order valence-corrected chi connectivity index (χ1v) is 7.22. The van der Waals surface area contributed by atoms with Gasteiger partial charge in [-0.3, -0.25) is 0 Å². The lowest BCUT2D eigenvalue weighted by Gasteiger charge is -2.20. The summed E-state index contributed by atoms with van der Waals surface area (Å²) in [6.07, 6.45) is 2.10. The Bertz CT molecular complexity index is 519. The number of halogens is 1. The van der Waals surface area contributed by atoms with E-state index in [1.54, 1.807) is 0 Å². The van der Waals surface area contributed by atoms with Gasteiger partial charge < -0.3 is 5.32 Å². The average Bonchev–Trinajstić information content (AvgIpc) is 2.47. The smallest absolute Gasteiger partial charge is 0.0637 e. The van der Waals surface area contributed by atoms with Crippen molar-refractivity contribution < 1.29 is 0 Å². The van der Waals surface area contributed by atoms with E-state index in [1.807, 2.05) is 24.3 Å². The molecule has 0 amide bonds. The molecule has 2 heteroatoms. The van der Waals surface area contributed by atoms with Crippen molar-refractivity contribution in [2.24, 2.45) is 0 Å². The topological polar surface area (TPSA) is 12.0 Å². The van der Waals surface area contributed by atoms with Crippen molar-refractivity contribution in [1.82, 2.24) is 0 Å². The summed E-state index contributed by atoms with van der Waals surface area (Å²) in [6, 6.07) is 17.0. The second-order valence-electron chi connectivity index (χ2n) is 4.68. The van der Waals surface area contributed by atoms with E-state index >= 15 is 0 Å². The zero-order chi connectivity index (χ0) is 13.7. The van der Waals surface area contributed by atoms with E-state index in [0.29, 0.717) is 6.04 Å². The number of benzene rings is 2. The van der Waals surface area contributed by atoms with Crippen LogP contribution in [0.4, 0.5) is 5.69 Å². The van der Waals surface area contributed by atoms with Crippen LogP contribution in [0.25, 0.3) is 0 Å². The normalized spacial score (nSPS) is 12.2. The lowest BCUT2D eigenvalue weighted by atomic mass is 10.0. The molecule has 2 aromatic carbocycles. The predicted octanol–water partition coefficient (Wildman–Crippen LogP) is 5.47. The molecule has 0 saturated carbocycles. The first kappa shape index (κ1) is 14.0. The van der Waals surface area contributed by atoms with Crippen LogP contribution in [0.1, 0.15) is 37.4 Å². The van der Waals surface area contributed by atoms with Gasteiger partial charge >= 0.3 is 0 Å². The van der Waals surface area contributed by atoms with E-state index in [0.717, 1.165) is 23.6 Å². The van der Waals surface area contributed by atoms with Crippen LogP contribution in [0.2, 0.25) is 5.02 Å². The van der Waals surface area contributed by atoms with Gasteiger partial charge in [0, 0.05) is 0 Å². The van der Waals surface area contributed by atoms with Gasteiger partial charge in [-0.05, 0) is 36.1 Å². The molecule has 1 nitrogen and oxygen atoms in total. The molecule has 2 rings (SSSR count). The molecule has 0 aliphatic heterocycles. The van der Waals surface area contributed by atoms with Gasteiger partial charge in [0.1, 0.15) is 0 Å². The molecular formula is C17H20ClN. The van der Waals surface area contributed by atoms with Crippen LogP contribution in [0, 0.1) is 0 Å². The van der Waals surface area contributed by atoms with Crippen LogP contribution in [-0.2, 0) is 6.42 Å². The summed E-state index contributed by atoms with van der Waals surface area (Å²) in [5.74, 6) is 0. The fourth-order valence-corrected chi connectivity index (χ4v) is 2.36. The Hall–Kier alpha value is -1.47. The molecule has 0 bridgehead atoms. The Labute approximate surface area is 120 Å². The third-order valence-electron chi connectivity index (χ3n) is 3.40. The Kier molecular flexibility index (Phi) is 4.86. The summed E-state index contributed by atoms with van der Waals surface area (Å²) in [4.78, 5) is 0. The number of hydrogen-bond donors (Lipinski definition) is 1. The van der Waals surface area contributed by atoms with E-state index in [9.17, 15) is 0 Å². The first-order chi connectivity index (χ1) is 9.24. The van der Waals surface area contributed by atoms with Gasteiger partial charge in [-0.2, -0.15) is 0 Å². The summed E-state index contributed by atoms with van der Waals surface area (Å²) < 4.78 is 0. The molecule has 1 unspecified atom stereocenters. The molecule has 0 aromatic heterocycles. The lowest BCUT2D eigenvalue weighted by molar-refractivity contribution is 0.749. The Morgan fingerprint density at radius 3 is 2.26 bits per heavy atom.